The van der Waals surface area contributed by atoms with Gasteiger partial charge in [0, 0.05) is 38.8 Å². The Bertz CT molecular complexity index is 381. The highest BCUT2D eigenvalue weighted by Gasteiger charge is 2.23. The van der Waals surface area contributed by atoms with E-state index in [4.69, 9.17) is 4.74 Å². The third kappa shape index (κ3) is 7.97. The molecule has 24 heavy (non-hydrogen) atoms. The molecule has 1 saturated heterocycles. The largest absolute Gasteiger partial charge is 0.379 e. The fourth-order valence-corrected chi connectivity index (χ4v) is 2.71. The lowest BCUT2D eigenvalue weighted by atomic mass is 10.0. The summed E-state index contributed by atoms with van der Waals surface area (Å²) in [7, 11) is 0. The molecule has 1 unspecified atom stereocenters. The van der Waals surface area contributed by atoms with E-state index in [-0.39, 0.29) is 12.5 Å². The zero-order valence-corrected chi connectivity index (χ0v) is 15.7. The molecule has 7 nitrogen and oxygen atoms in total. The van der Waals surface area contributed by atoms with Gasteiger partial charge in [-0.15, -0.1) is 0 Å². The fraction of sp³-hybridized carbons (Fsp3) is 0.882. The predicted octanol–water partition coefficient (Wildman–Crippen LogP) is 0.425. The third-order valence-electron chi connectivity index (χ3n) is 4.06. The number of rotatable bonds is 9. The number of ether oxygens (including phenoxy) is 1. The second-order valence-electron chi connectivity index (χ2n) is 6.39. The average molecular weight is 342 g/mol. The van der Waals surface area contributed by atoms with Gasteiger partial charge < -0.3 is 20.7 Å². The Morgan fingerprint density at radius 2 is 1.88 bits per heavy atom. The van der Waals surface area contributed by atoms with Crippen LogP contribution in [-0.2, 0) is 9.53 Å². The van der Waals surface area contributed by atoms with Crippen molar-refractivity contribution in [1.29, 1.82) is 0 Å². The molecule has 0 spiro atoms. The molecular weight excluding hydrogens is 306 g/mol. The summed E-state index contributed by atoms with van der Waals surface area (Å²) in [6, 6.07) is 0.423. The molecule has 140 valence electrons. The van der Waals surface area contributed by atoms with Gasteiger partial charge in [-0.3, -0.25) is 9.69 Å². The van der Waals surface area contributed by atoms with Crippen molar-refractivity contribution in [1.82, 2.24) is 20.9 Å². The molecule has 0 aromatic rings. The van der Waals surface area contributed by atoms with E-state index in [9.17, 15) is 4.79 Å². The summed E-state index contributed by atoms with van der Waals surface area (Å²) in [6.07, 6.45) is 0.934. The van der Waals surface area contributed by atoms with Crippen LogP contribution in [0.2, 0.25) is 0 Å². The van der Waals surface area contributed by atoms with Crippen molar-refractivity contribution in [2.45, 2.75) is 40.2 Å². The maximum Gasteiger partial charge on any atom is 0.241 e. The summed E-state index contributed by atoms with van der Waals surface area (Å²) in [4.78, 5) is 18.6. The Morgan fingerprint density at radius 3 is 2.46 bits per heavy atom. The van der Waals surface area contributed by atoms with Crippen molar-refractivity contribution in [2.24, 2.45) is 10.9 Å². The van der Waals surface area contributed by atoms with Crippen molar-refractivity contribution in [2.75, 3.05) is 52.5 Å². The lowest BCUT2D eigenvalue weighted by Crippen LogP contribution is -2.52. The van der Waals surface area contributed by atoms with Crippen molar-refractivity contribution < 1.29 is 9.53 Å². The van der Waals surface area contributed by atoms with E-state index < -0.39 is 0 Å². The van der Waals surface area contributed by atoms with Gasteiger partial charge in [-0.2, -0.15) is 0 Å². The molecule has 3 N–H and O–H groups in total. The van der Waals surface area contributed by atoms with Gasteiger partial charge in [0.1, 0.15) is 6.54 Å². The molecule has 1 amide bonds. The minimum Gasteiger partial charge on any atom is -0.379 e. The fourth-order valence-electron chi connectivity index (χ4n) is 2.71. The summed E-state index contributed by atoms with van der Waals surface area (Å²) in [5.74, 6) is 1.19. The van der Waals surface area contributed by atoms with Gasteiger partial charge in [0.05, 0.1) is 13.2 Å². The lowest BCUT2D eigenvalue weighted by molar-refractivity contribution is -0.119. The average Bonchev–Trinajstić information content (AvgIpc) is 2.58. The first-order valence-electron chi connectivity index (χ1n) is 9.19. The number of nitrogens with one attached hydrogen (secondary N) is 3. The quantitative estimate of drug-likeness (QED) is 0.419. The van der Waals surface area contributed by atoms with Gasteiger partial charge in [-0.25, -0.2) is 4.99 Å². The highest BCUT2D eigenvalue weighted by atomic mass is 16.5. The molecule has 0 aromatic carbocycles. The van der Waals surface area contributed by atoms with Gasteiger partial charge in [-0.05, 0) is 19.3 Å². The van der Waals surface area contributed by atoms with Gasteiger partial charge in [0.15, 0.2) is 5.96 Å². The van der Waals surface area contributed by atoms with E-state index >= 15 is 0 Å². The van der Waals surface area contributed by atoms with Crippen molar-refractivity contribution in [3.63, 3.8) is 0 Å². The van der Waals surface area contributed by atoms with Gasteiger partial charge in [0.2, 0.25) is 5.91 Å². The molecule has 1 fully saturated rings. The molecule has 0 bridgehead atoms. The number of hydrogen-bond donors (Lipinski definition) is 3. The van der Waals surface area contributed by atoms with E-state index in [1.807, 2.05) is 13.8 Å². The van der Waals surface area contributed by atoms with E-state index in [2.05, 4.69) is 39.7 Å². The van der Waals surface area contributed by atoms with Gasteiger partial charge in [-0.1, -0.05) is 20.8 Å². The Hall–Kier alpha value is -1.34. The topological polar surface area (TPSA) is 78.0 Å². The number of amides is 1. The minimum atomic E-state index is -0.0392. The number of aliphatic imine (C=N–C) groups is 1. The molecule has 0 saturated carbocycles. The maximum atomic E-state index is 11.7. The van der Waals surface area contributed by atoms with Crippen molar-refractivity contribution in [3.05, 3.63) is 0 Å². The summed E-state index contributed by atoms with van der Waals surface area (Å²) in [5.41, 5.74) is 0. The predicted molar refractivity (Wildman–Crippen MR) is 98.3 cm³/mol. The molecule has 1 heterocycles. The normalized spacial score (nSPS) is 17.6. The number of carbonyl (C=O) groups is 1. The Labute approximate surface area is 146 Å². The molecule has 1 aliphatic heterocycles. The SMILES string of the molecule is CCCNC(=O)CN=C(NCC)NCC(C(C)C)N1CCOCC1. The van der Waals surface area contributed by atoms with Gasteiger partial charge >= 0.3 is 0 Å². The van der Waals surface area contributed by atoms with E-state index in [0.29, 0.717) is 24.5 Å². The summed E-state index contributed by atoms with van der Waals surface area (Å²) >= 11 is 0. The molecule has 0 aromatic heterocycles. The van der Waals surface area contributed by atoms with Crippen molar-refractivity contribution in [3.8, 4) is 0 Å². The monoisotopic (exact) mass is 341 g/mol. The standard InChI is InChI=1S/C17H35N5O2/c1-5-7-19-16(23)13-21-17(18-6-2)20-12-15(14(3)4)22-8-10-24-11-9-22/h14-15H,5-13H2,1-4H3,(H,19,23)(H2,18,20,21). The maximum absolute atomic E-state index is 11.7. The summed E-state index contributed by atoms with van der Waals surface area (Å²) < 4.78 is 5.45. The Kier molecular flexibility index (Phi) is 10.4. The second kappa shape index (κ2) is 12.1. The molecule has 1 aliphatic rings. The van der Waals surface area contributed by atoms with Crippen LogP contribution in [-0.4, -0.2) is 75.3 Å². The van der Waals surface area contributed by atoms with Crippen LogP contribution in [0.5, 0.6) is 0 Å². The molecule has 0 radical (unpaired) electrons. The van der Waals surface area contributed by atoms with Crippen LogP contribution in [0.4, 0.5) is 0 Å². The summed E-state index contributed by atoms with van der Waals surface area (Å²) in [5, 5.41) is 9.44. The van der Waals surface area contributed by atoms with Crippen LogP contribution in [0.25, 0.3) is 0 Å². The van der Waals surface area contributed by atoms with Crippen molar-refractivity contribution >= 4 is 11.9 Å². The Morgan fingerprint density at radius 1 is 1.17 bits per heavy atom. The minimum absolute atomic E-state index is 0.0392. The zero-order chi connectivity index (χ0) is 17.8. The first-order chi connectivity index (χ1) is 11.6. The number of morpholine rings is 1. The van der Waals surface area contributed by atoms with Crippen LogP contribution in [0.1, 0.15) is 34.1 Å². The first-order valence-corrected chi connectivity index (χ1v) is 9.19. The highest BCUT2D eigenvalue weighted by molar-refractivity contribution is 5.84. The van der Waals surface area contributed by atoms with Gasteiger partial charge in [0.25, 0.3) is 0 Å². The van der Waals surface area contributed by atoms with E-state index in [1.54, 1.807) is 0 Å². The smallest absolute Gasteiger partial charge is 0.241 e. The van der Waals surface area contributed by atoms with Crippen LogP contribution >= 0.6 is 0 Å². The number of hydrogen-bond acceptors (Lipinski definition) is 4. The van der Waals surface area contributed by atoms with E-state index in [1.165, 1.54) is 0 Å². The Balaban J connectivity index is 2.53. The van der Waals surface area contributed by atoms with Crippen LogP contribution in [0.15, 0.2) is 4.99 Å². The van der Waals surface area contributed by atoms with E-state index in [0.717, 1.165) is 45.8 Å². The molecular formula is C17H35N5O2. The zero-order valence-electron chi connectivity index (χ0n) is 15.7. The highest BCUT2D eigenvalue weighted by Crippen LogP contribution is 2.12. The third-order valence-corrected chi connectivity index (χ3v) is 4.06. The summed E-state index contributed by atoms with van der Waals surface area (Å²) in [6.45, 7) is 14.5. The lowest BCUT2D eigenvalue weighted by Gasteiger charge is -2.37. The number of carbonyl (C=O) groups excluding carboxylic acids is 1. The number of guanidine groups is 1. The number of nitrogens with zero attached hydrogens (tertiary/aromatic N) is 2. The van der Waals surface area contributed by atoms with Crippen LogP contribution in [0, 0.1) is 5.92 Å². The second-order valence-corrected chi connectivity index (χ2v) is 6.39. The van der Waals surface area contributed by atoms with Crippen LogP contribution in [0.3, 0.4) is 0 Å². The molecule has 1 rings (SSSR count). The molecule has 0 aliphatic carbocycles. The molecule has 7 heteroatoms. The van der Waals surface area contributed by atoms with Crippen LogP contribution < -0.4 is 16.0 Å². The molecule has 1 atom stereocenters. The first kappa shape index (κ1) is 20.7.